The van der Waals surface area contributed by atoms with Gasteiger partial charge in [-0.15, -0.1) is 0 Å². The number of aromatic nitrogens is 1. The Labute approximate surface area is 130 Å². The van der Waals surface area contributed by atoms with E-state index < -0.39 is 6.10 Å². The van der Waals surface area contributed by atoms with Crippen LogP contribution in [0.3, 0.4) is 0 Å². The van der Waals surface area contributed by atoms with Crippen LogP contribution in [0.2, 0.25) is 5.02 Å². The van der Waals surface area contributed by atoms with Crippen LogP contribution in [-0.4, -0.2) is 17.2 Å². The van der Waals surface area contributed by atoms with Crippen molar-refractivity contribution in [2.24, 2.45) is 0 Å². The molecule has 0 aliphatic heterocycles. The molecule has 4 heteroatoms. The molecular weight excluding hydrogens is 286 g/mol. The molecule has 0 fully saturated rings. The van der Waals surface area contributed by atoms with Gasteiger partial charge in [0.2, 0.25) is 0 Å². The first-order valence-electron chi connectivity index (χ1n) is 6.87. The smallest absolute Gasteiger partial charge is 0.128 e. The van der Waals surface area contributed by atoms with Crippen LogP contribution in [0.5, 0.6) is 5.75 Å². The first-order valence-corrected chi connectivity index (χ1v) is 7.25. The Balaban J connectivity index is 2.32. The van der Waals surface area contributed by atoms with Crippen LogP contribution in [0, 0.1) is 20.8 Å². The Kier molecular flexibility index (Phi) is 4.86. The highest BCUT2D eigenvalue weighted by molar-refractivity contribution is 6.31. The molecule has 1 aromatic heterocycles. The van der Waals surface area contributed by atoms with Gasteiger partial charge in [0.1, 0.15) is 5.75 Å². The van der Waals surface area contributed by atoms with E-state index in [1.54, 1.807) is 13.3 Å². The summed E-state index contributed by atoms with van der Waals surface area (Å²) in [5, 5.41) is 11.2. The van der Waals surface area contributed by atoms with Crippen LogP contribution in [0.4, 0.5) is 0 Å². The average Bonchev–Trinajstić information content (AvgIpc) is 2.45. The third-order valence-corrected chi connectivity index (χ3v) is 4.21. The molecule has 21 heavy (non-hydrogen) atoms. The van der Waals surface area contributed by atoms with Gasteiger partial charge in [-0.1, -0.05) is 23.7 Å². The number of hydrogen-bond donors (Lipinski definition) is 1. The Bertz CT molecular complexity index is 655. The van der Waals surface area contributed by atoms with Crippen LogP contribution in [0.1, 0.15) is 34.1 Å². The SMILES string of the molecule is COc1c(C)cnc(CC(O)c2cccc(Cl)c2C)c1C. The maximum Gasteiger partial charge on any atom is 0.128 e. The van der Waals surface area contributed by atoms with Gasteiger partial charge in [0.15, 0.2) is 0 Å². The summed E-state index contributed by atoms with van der Waals surface area (Å²) < 4.78 is 5.40. The van der Waals surface area contributed by atoms with Crippen molar-refractivity contribution in [3.63, 3.8) is 0 Å². The number of hydrogen-bond acceptors (Lipinski definition) is 3. The fraction of sp³-hybridized carbons (Fsp3) is 0.353. The minimum Gasteiger partial charge on any atom is -0.496 e. The van der Waals surface area contributed by atoms with Gasteiger partial charge in [-0.3, -0.25) is 4.98 Å². The number of benzene rings is 1. The third kappa shape index (κ3) is 3.20. The summed E-state index contributed by atoms with van der Waals surface area (Å²) in [6.07, 6.45) is 1.57. The zero-order valence-corrected chi connectivity index (χ0v) is 13.5. The largest absolute Gasteiger partial charge is 0.496 e. The molecule has 0 radical (unpaired) electrons. The number of ether oxygens (including phenoxy) is 1. The number of nitrogens with zero attached hydrogens (tertiary/aromatic N) is 1. The molecule has 0 bridgehead atoms. The lowest BCUT2D eigenvalue weighted by molar-refractivity contribution is 0.176. The minimum absolute atomic E-state index is 0.434. The van der Waals surface area contributed by atoms with Gasteiger partial charge in [0.05, 0.1) is 13.2 Å². The number of rotatable bonds is 4. The lowest BCUT2D eigenvalue weighted by atomic mass is 9.97. The summed E-state index contributed by atoms with van der Waals surface area (Å²) >= 11 is 6.11. The molecule has 0 saturated carbocycles. The maximum atomic E-state index is 10.5. The van der Waals surface area contributed by atoms with E-state index >= 15 is 0 Å². The van der Waals surface area contributed by atoms with Gasteiger partial charge in [0.25, 0.3) is 0 Å². The standard InChI is InChI=1S/C17H20ClNO2/c1-10-9-19-15(12(3)17(10)21-4)8-16(20)13-6-5-7-14(18)11(13)2/h5-7,9,16,20H,8H2,1-4H3. The molecule has 112 valence electrons. The van der Waals surface area contributed by atoms with Crippen molar-refractivity contribution in [1.82, 2.24) is 4.98 Å². The third-order valence-electron chi connectivity index (χ3n) is 3.81. The van der Waals surface area contributed by atoms with Gasteiger partial charge in [0, 0.05) is 34.5 Å². The van der Waals surface area contributed by atoms with Crippen LogP contribution in [0.15, 0.2) is 24.4 Å². The first-order chi connectivity index (χ1) is 9.95. The highest BCUT2D eigenvalue weighted by atomic mass is 35.5. The molecule has 2 rings (SSSR count). The predicted molar refractivity (Wildman–Crippen MR) is 85.1 cm³/mol. The van der Waals surface area contributed by atoms with Gasteiger partial charge < -0.3 is 9.84 Å². The van der Waals surface area contributed by atoms with Crippen molar-refractivity contribution >= 4 is 11.6 Å². The summed E-state index contributed by atoms with van der Waals surface area (Å²) in [7, 11) is 1.65. The van der Waals surface area contributed by atoms with Gasteiger partial charge in [-0.05, 0) is 38.0 Å². The summed E-state index contributed by atoms with van der Waals surface area (Å²) in [4.78, 5) is 4.43. The van der Waals surface area contributed by atoms with E-state index in [0.717, 1.165) is 33.7 Å². The van der Waals surface area contributed by atoms with E-state index in [-0.39, 0.29) is 0 Å². The number of aliphatic hydroxyl groups excluding tert-OH is 1. The summed E-state index contributed by atoms with van der Waals surface area (Å²) in [5.41, 5.74) is 4.54. The van der Waals surface area contributed by atoms with Crippen LogP contribution in [0.25, 0.3) is 0 Å². The zero-order chi connectivity index (χ0) is 15.6. The topological polar surface area (TPSA) is 42.4 Å². The predicted octanol–water partition coefficient (Wildman–Crippen LogP) is 3.94. The van der Waals surface area contributed by atoms with Gasteiger partial charge in [-0.2, -0.15) is 0 Å². The van der Waals surface area contributed by atoms with E-state index in [1.165, 1.54) is 0 Å². The van der Waals surface area contributed by atoms with Crippen molar-refractivity contribution in [2.75, 3.05) is 7.11 Å². The molecule has 1 aromatic carbocycles. The average molecular weight is 306 g/mol. The minimum atomic E-state index is -0.637. The lowest BCUT2D eigenvalue weighted by Crippen LogP contribution is -2.08. The van der Waals surface area contributed by atoms with Crippen LogP contribution >= 0.6 is 11.6 Å². The van der Waals surface area contributed by atoms with Gasteiger partial charge in [-0.25, -0.2) is 0 Å². The highest BCUT2D eigenvalue weighted by Crippen LogP contribution is 2.29. The Morgan fingerprint density at radius 3 is 2.62 bits per heavy atom. The van der Waals surface area contributed by atoms with Crippen molar-refractivity contribution < 1.29 is 9.84 Å². The molecule has 0 saturated heterocycles. The van der Waals surface area contributed by atoms with E-state index in [2.05, 4.69) is 4.98 Å². The second-order valence-corrected chi connectivity index (χ2v) is 5.63. The number of pyridine rings is 1. The molecule has 3 nitrogen and oxygen atoms in total. The molecule has 0 aliphatic carbocycles. The van der Waals surface area contributed by atoms with Crippen molar-refractivity contribution in [1.29, 1.82) is 0 Å². The second kappa shape index (κ2) is 6.46. The Hall–Kier alpha value is -1.58. The fourth-order valence-corrected chi connectivity index (χ4v) is 2.74. The molecule has 0 amide bonds. The van der Waals surface area contributed by atoms with Crippen molar-refractivity contribution in [3.05, 3.63) is 57.4 Å². The summed E-state index contributed by atoms with van der Waals surface area (Å²) in [6.45, 7) is 5.84. The van der Waals surface area contributed by atoms with E-state index in [4.69, 9.17) is 16.3 Å². The lowest BCUT2D eigenvalue weighted by Gasteiger charge is -2.17. The van der Waals surface area contributed by atoms with Crippen molar-refractivity contribution in [3.8, 4) is 5.75 Å². The summed E-state index contributed by atoms with van der Waals surface area (Å²) in [6, 6.07) is 5.57. The molecule has 1 atom stereocenters. The monoisotopic (exact) mass is 305 g/mol. The number of aryl methyl sites for hydroxylation is 1. The quantitative estimate of drug-likeness (QED) is 0.930. The Morgan fingerprint density at radius 2 is 1.95 bits per heavy atom. The molecule has 1 heterocycles. The van der Waals surface area contributed by atoms with Crippen LogP contribution < -0.4 is 4.74 Å². The van der Waals surface area contributed by atoms with Gasteiger partial charge >= 0.3 is 0 Å². The number of halogens is 1. The van der Waals surface area contributed by atoms with Crippen molar-refractivity contribution in [2.45, 2.75) is 33.3 Å². The van der Waals surface area contributed by atoms with Crippen LogP contribution in [-0.2, 0) is 6.42 Å². The number of aliphatic hydroxyl groups is 1. The normalized spacial score (nSPS) is 12.3. The Morgan fingerprint density at radius 1 is 1.24 bits per heavy atom. The van der Waals surface area contributed by atoms with E-state index in [9.17, 15) is 5.11 Å². The highest BCUT2D eigenvalue weighted by Gasteiger charge is 2.17. The maximum absolute atomic E-state index is 10.5. The van der Waals surface area contributed by atoms with E-state index in [0.29, 0.717) is 11.4 Å². The summed E-state index contributed by atoms with van der Waals surface area (Å²) in [5.74, 6) is 0.829. The fourth-order valence-electron chi connectivity index (χ4n) is 2.56. The molecule has 1 N–H and O–H groups in total. The zero-order valence-electron chi connectivity index (χ0n) is 12.8. The van der Waals surface area contributed by atoms with E-state index in [1.807, 2.05) is 39.0 Å². The molecule has 0 aliphatic rings. The molecule has 0 spiro atoms. The molecule has 2 aromatic rings. The second-order valence-electron chi connectivity index (χ2n) is 5.22. The first kappa shape index (κ1) is 15.8. The number of methoxy groups -OCH3 is 1. The molecular formula is C17H20ClNO2. The molecule has 1 unspecified atom stereocenters.